The number of ether oxygens (including phenoxy) is 2. The Balaban J connectivity index is 0.963. The van der Waals surface area contributed by atoms with Crippen molar-refractivity contribution in [2.75, 3.05) is 0 Å². The average molecular weight is 1240 g/mol. The molecule has 1 aliphatic heterocycles. The number of benzene rings is 9. The van der Waals surface area contributed by atoms with Gasteiger partial charge < -0.3 is 4.74 Å². The molecule has 4 heterocycles. The Bertz CT molecular complexity index is 4670. The summed E-state index contributed by atoms with van der Waals surface area (Å²) in [5, 5.41) is 1.87. The molecule has 2 aliphatic rings. The van der Waals surface area contributed by atoms with E-state index in [2.05, 4.69) is 247 Å². The number of nitrogens with zero attached hydrogens (tertiary/aromatic N) is 4. The second-order valence-corrected chi connectivity index (χ2v) is 25.8. The average Bonchev–Trinajstić information content (AvgIpc) is 1.52. The van der Waals surface area contributed by atoms with Crippen LogP contribution in [0.5, 0.6) is 23.0 Å². The van der Waals surface area contributed by atoms with Gasteiger partial charge in [0.15, 0.2) is 0 Å². The molecule has 1 spiro atoms. The van der Waals surface area contributed by atoms with Crippen molar-refractivity contribution in [2.24, 2.45) is 0 Å². The van der Waals surface area contributed by atoms with Gasteiger partial charge in [0.2, 0.25) is 0 Å². The van der Waals surface area contributed by atoms with Crippen molar-refractivity contribution in [1.29, 1.82) is 0 Å². The van der Waals surface area contributed by atoms with Gasteiger partial charge in [-0.15, -0.1) is 0 Å². The number of para-hydroxylation sites is 4. The van der Waals surface area contributed by atoms with E-state index in [-0.39, 0.29) is 21.8 Å². The van der Waals surface area contributed by atoms with Crippen LogP contribution in [0.3, 0.4) is 0 Å². The first kappa shape index (κ1) is 47.5. The Morgan fingerprint density at radius 1 is 0.506 bits per heavy atom. The van der Waals surface area contributed by atoms with Gasteiger partial charge in [-0.2, -0.15) is 0 Å². The van der Waals surface area contributed by atoms with Gasteiger partial charge in [0.25, 0.3) is 0 Å². The molecular weight excluding hydrogens is 1170 g/mol. The fourth-order valence-corrected chi connectivity index (χ4v) is 13.6. The van der Waals surface area contributed by atoms with E-state index < -0.39 is 12.3 Å². The molecule has 0 saturated heterocycles. The second kappa shape index (κ2) is 18.4. The third-order valence-electron chi connectivity index (χ3n) is 16.6. The number of rotatable bonds is 6. The molecule has 0 unspecified atom stereocenters. The van der Waals surface area contributed by atoms with Crippen LogP contribution < -0.4 is 9.47 Å². The topological polar surface area (TPSA) is 46.1 Å². The summed E-state index contributed by atoms with van der Waals surface area (Å²) >= 11 is 2.45. The van der Waals surface area contributed by atoms with Crippen LogP contribution in [0.15, 0.2) is 194 Å². The number of imidazole rings is 1. The quantitative estimate of drug-likeness (QED) is 0.156. The minimum atomic E-state index is -2.48. The number of fused-ring (bicyclic) bond motifs is 13. The summed E-state index contributed by atoms with van der Waals surface area (Å²) in [6.07, 6.45) is 1.72. The number of hydrogen-bond donors (Lipinski definition) is 0. The standard InChI is InChI=1S/C74H62N4O2.Pt/c1-46-36-70(75-44-59(46)47-30-32-48(33-31-47)71(2,3)4)78-66-41-54(79-53-21-19-20-51(40-53)76-45-77(65-27-16-15-26-64(65)76)52-38-49(72(5,6)7)37-50(39-52)73(8,9)10)34-35-56(66)58-42-57-55-22-11-12-23-60(55)74(63(57)43-67(58)78)61-24-13-17-28-68(61)80-69-29-18-14-25-62(69)74;/h11-39,42-44H,1-10H3;/q-2;/i1D3;. The van der Waals surface area contributed by atoms with Crippen molar-refractivity contribution < 1.29 is 32.9 Å². The third kappa shape index (κ3) is 8.07. The van der Waals surface area contributed by atoms with Gasteiger partial charge in [0.05, 0.1) is 5.41 Å². The van der Waals surface area contributed by atoms with Gasteiger partial charge >= 0.3 is 275 Å². The molecule has 12 aromatic rings. The van der Waals surface area contributed by atoms with Crippen LogP contribution in [0, 0.1) is 22.8 Å². The first-order chi connectivity index (χ1) is 40.1. The molecule has 0 amide bonds. The van der Waals surface area contributed by atoms with E-state index >= 15 is 0 Å². The first-order valence-electron chi connectivity index (χ1n) is 29.3. The zero-order valence-electron chi connectivity index (χ0n) is 49.9. The van der Waals surface area contributed by atoms with E-state index in [1.165, 1.54) is 16.7 Å². The van der Waals surface area contributed by atoms with Crippen molar-refractivity contribution in [3.63, 3.8) is 0 Å². The van der Waals surface area contributed by atoms with Crippen LogP contribution in [0.1, 0.15) is 111 Å². The van der Waals surface area contributed by atoms with Crippen molar-refractivity contribution in [3.05, 3.63) is 255 Å². The monoisotopic (exact) mass is 1240 g/mol. The van der Waals surface area contributed by atoms with Crippen molar-refractivity contribution in [3.8, 4) is 62.4 Å². The third-order valence-corrected chi connectivity index (χ3v) is 17.6. The van der Waals surface area contributed by atoms with Crippen molar-refractivity contribution in [2.45, 2.75) is 90.8 Å². The summed E-state index contributed by atoms with van der Waals surface area (Å²) in [5.74, 6) is 3.01. The summed E-state index contributed by atoms with van der Waals surface area (Å²) in [4.78, 5) is 5.22. The number of aryl methyl sites for hydroxylation is 1. The van der Waals surface area contributed by atoms with Gasteiger partial charge in [0.1, 0.15) is 11.5 Å². The normalized spacial score (nSPS) is 14.3. The van der Waals surface area contributed by atoms with Crippen molar-refractivity contribution >= 4 is 32.8 Å². The Morgan fingerprint density at radius 3 is 1.79 bits per heavy atom. The Kier molecular flexibility index (Phi) is 10.8. The zero-order valence-corrected chi connectivity index (χ0v) is 49.2. The smallest absolute Gasteiger partial charge is 0.457 e. The Morgan fingerprint density at radius 2 is 1.12 bits per heavy atom. The van der Waals surface area contributed by atoms with Crippen LogP contribution >= 0.6 is 0 Å². The Labute approximate surface area is 489 Å². The van der Waals surface area contributed by atoms with Gasteiger partial charge in [-0.3, -0.25) is 0 Å². The first-order valence-corrected chi connectivity index (χ1v) is 28.9. The minimum absolute atomic E-state index is 0.0602. The van der Waals surface area contributed by atoms with Crippen LogP contribution in [0.2, 0.25) is 0 Å². The summed E-state index contributed by atoms with van der Waals surface area (Å²) < 4.78 is 48.4. The Hall–Kier alpha value is -8.31. The fraction of sp³-hybridized carbons (Fsp3) is 0.189. The number of pyridine rings is 1. The fourth-order valence-electron chi connectivity index (χ4n) is 12.4. The molecule has 9 aromatic carbocycles. The predicted octanol–water partition coefficient (Wildman–Crippen LogP) is 18.7. The van der Waals surface area contributed by atoms with E-state index in [0.717, 1.165) is 92.9 Å². The molecule has 0 radical (unpaired) electrons. The van der Waals surface area contributed by atoms with Gasteiger partial charge in [0, 0.05) is 27.0 Å². The van der Waals surface area contributed by atoms with Crippen LogP contribution in [-0.4, -0.2) is 18.7 Å². The minimum Gasteiger partial charge on any atom is -0.457 e. The molecule has 0 atom stereocenters. The molecule has 81 heavy (non-hydrogen) atoms. The summed E-state index contributed by atoms with van der Waals surface area (Å²) in [6.45, 7) is 17.7. The van der Waals surface area contributed by atoms with E-state index in [1.54, 1.807) is 12.3 Å². The zero-order chi connectivity index (χ0) is 58.4. The van der Waals surface area contributed by atoms with Gasteiger partial charge in [-0.05, 0) is 63.3 Å². The predicted molar refractivity (Wildman–Crippen MR) is 326 cm³/mol. The molecule has 0 bridgehead atoms. The van der Waals surface area contributed by atoms with Crippen molar-refractivity contribution in [1.82, 2.24) is 18.7 Å². The number of hydrogen-bond acceptors (Lipinski definition) is 3. The van der Waals surface area contributed by atoms with E-state index in [1.807, 2.05) is 42.5 Å². The molecule has 6 nitrogen and oxygen atoms in total. The number of aromatic nitrogens is 4. The molecule has 1 aliphatic carbocycles. The molecule has 7 heteroatoms. The SMILES string of the molecule is [2H]C([2H])([2H])c1cc(-n2c3[c-]c(Oc4[c-]c(-n5[c](=[Pt])n(-c6cc(C(C)(C)C)cc(C(C)(C)C)c6)c6ccccc65)ccc4)ccc3c3cc4c(cc32)C2(c3ccccc3Oc3ccccc32)c2ccccc2-4)ncc1-c1ccc(C(C)(C)C)cc1. The molecule has 402 valence electrons. The van der Waals surface area contributed by atoms with E-state index in [0.29, 0.717) is 28.4 Å². The van der Waals surface area contributed by atoms with Crippen LogP contribution in [-0.2, 0) is 41.0 Å². The molecule has 0 saturated carbocycles. The molecule has 0 N–H and O–H groups in total. The van der Waals surface area contributed by atoms with E-state index in [9.17, 15) is 0 Å². The van der Waals surface area contributed by atoms with Gasteiger partial charge in [-0.1, -0.05) is 106 Å². The summed E-state index contributed by atoms with van der Waals surface area (Å²) in [6, 6.07) is 72.9. The van der Waals surface area contributed by atoms with Crippen LogP contribution in [0.4, 0.5) is 0 Å². The maximum atomic E-state index is 9.05. The maximum absolute atomic E-state index is 9.05. The molecule has 14 rings (SSSR count). The van der Waals surface area contributed by atoms with Gasteiger partial charge in [-0.25, -0.2) is 0 Å². The van der Waals surface area contributed by atoms with Crippen LogP contribution in [0.25, 0.3) is 72.3 Å². The molecule has 3 aromatic heterocycles. The second-order valence-electron chi connectivity index (χ2n) is 24.8. The van der Waals surface area contributed by atoms with E-state index in [4.69, 9.17) is 18.6 Å². The molecule has 0 fully saturated rings. The summed E-state index contributed by atoms with van der Waals surface area (Å²) in [5.41, 5.74) is 16.5. The molecular formula is C74H62N4O2Pt-2. The summed E-state index contributed by atoms with van der Waals surface area (Å²) in [7, 11) is 0.